The summed E-state index contributed by atoms with van der Waals surface area (Å²) in [6.07, 6.45) is 3.53. The number of benzene rings is 4. The fourth-order valence-electron chi connectivity index (χ4n) is 3.85. The van der Waals surface area contributed by atoms with Gasteiger partial charge in [-0.15, -0.1) is 0 Å². The molecule has 0 aliphatic rings. The first-order chi connectivity index (χ1) is 23.1. The van der Waals surface area contributed by atoms with Crippen LogP contribution in [0.4, 0.5) is 0 Å². The Morgan fingerprint density at radius 2 is 0.854 bits per heavy atom. The first kappa shape index (κ1) is 40.8. The number of carbonyl (C=O) groups is 2. The van der Waals surface area contributed by atoms with Gasteiger partial charge in [-0.1, -0.05) is 91.9 Å². The van der Waals surface area contributed by atoms with Crippen LogP contribution in [0.3, 0.4) is 0 Å². The molecule has 0 aliphatic carbocycles. The Hall–Kier alpha value is -3.33. The number of aryl methyl sites for hydroxylation is 3. The molecule has 0 unspecified atom stereocenters. The number of esters is 2. The first-order valence-corrected chi connectivity index (χ1v) is 20.4. The number of phosphoric acid groups is 1. The standard InChI is InChI=1S/C21H21O4P.C16H22O4.Ag.BrH/c1-16-4-10-19(11-5-16)23-26(22,24-20-12-6-17(2)7-13-20)25-21-14-8-18(3)9-15-21;1-3-5-11-19-15(17)13-9-7-8-10-14(13)16(18)20-12-6-4-2;;/h4-15H,1-3H3;7-10H,3-6,11-12H2,1-2H3;;1H/q;;+1;/p-1. The predicted molar refractivity (Wildman–Crippen MR) is 189 cm³/mol. The summed E-state index contributed by atoms with van der Waals surface area (Å²) in [4.78, 5) is 23.9. The van der Waals surface area contributed by atoms with Gasteiger partial charge in [0.15, 0.2) is 0 Å². The zero-order valence-corrected chi connectivity index (χ0v) is 31.8. The Labute approximate surface area is 303 Å². The first-order valence-electron chi connectivity index (χ1n) is 15.6. The molecule has 48 heavy (non-hydrogen) atoms. The minimum absolute atomic E-state index is 0.269. The van der Waals surface area contributed by atoms with Gasteiger partial charge in [0.1, 0.15) is 17.2 Å². The number of halogens is 1. The molecule has 4 rings (SSSR count). The van der Waals surface area contributed by atoms with Gasteiger partial charge in [0.2, 0.25) is 0 Å². The van der Waals surface area contributed by atoms with E-state index in [4.69, 9.17) is 23.0 Å². The molecule has 0 radical (unpaired) electrons. The van der Waals surface area contributed by atoms with Crippen molar-refractivity contribution >= 4 is 32.8 Å². The van der Waals surface area contributed by atoms with Crippen LogP contribution in [0.1, 0.15) is 76.9 Å². The number of unbranched alkanes of at least 4 members (excludes halogenated alkanes) is 2. The van der Waals surface area contributed by atoms with Gasteiger partial charge in [-0.25, -0.2) is 9.59 Å². The SMILES string of the molecule is CCCCOC(=O)c1ccccc1C(=O)OCCCC.Cc1ccc(OP(=O)(Oc2ccc(C)cc2)Oc2ccc(C)cc2)cc1.[Br][Ag]. The molecule has 0 amide bonds. The second-order valence-corrected chi connectivity index (χ2v) is 12.1. The van der Waals surface area contributed by atoms with E-state index in [2.05, 4.69) is 32.0 Å². The third-order valence-electron chi connectivity index (χ3n) is 6.54. The molecule has 0 aliphatic heterocycles. The summed E-state index contributed by atoms with van der Waals surface area (Å²) in [5.41, 5.74) is 3.76. The molecular formula is C37H43AgBrO8P. The van der Waals surface area contributed by atoms with Crippen LogP contribution in [0, 0.1) is 20.8 Å². The molecule has 0 spiro atoms. The van der Waals surface area contributed by atoms with Crippen LogP contribution in [0.2, 0.25) is 0 Å². The summed E-state index contributed by atoms with van der Waals surface area (Å²) in [7, 11) is -3.93. The zero-order chi connectivity index (χ0) is 35.4. The number of rotatable bonds is 14. The van der Waals surface area contributed by atoms with Crippen molar-refractivity contribution in [3.8, 4) is 17.2 Å². The third kappa shape index (κ3) is 14.8. The molecule has 4 aromatic rings. The van der Waals surface area contributed by atoms with Crippen molar-refractivity contribution in [2.24, 2.45) is 0 Å². The number of hydrogen-bond acceptors (Lipinski definition) is 8. The molecule has 0 fully saturated rings. The summed E-state index contributed by atoms with van der Waals surface area (Å²) in [6.45, 7) is 10.7. The van der Waals surface area contributed by atoms with E-state index in [1.807, 2.05) is 71.0 Å². The second-order valence-electron chi connectivity index (χ2n) is 10.7. The van der Waals surface area contributed by atoms with Crippen molar-refractivity contribution in [3.63, 3.8) is 0 Å². The van der Waals surface area contributed by atoms with Crippen molar-refractivity contribution in [1.82, 2.24) is 0 Å². The molecular weight excluding hydrogens is 791 g/mol. The maximum atomic E-state index is 13.3. The van der Waals surface area contributed by atoms with Crippen molar-refractivity contribution in [3.05, 3.63) is 125 Å². The zero-order valence-electron chi connectivity index (χ0n) is 27.9. The summed E-state index contributed by atoms with van der Waals surface area (Å²) in [5, 5.41) is 0. The quantitative estimate of drug-likeness (QED) is 0.0536. The van der Waals surface area contributed by atoms with E-state index in [9.17, 15) is 14.2 Å². The normalized spacial score (nSPS) is 10.3. The molecule has 4 aromatic carbocycles. The molecule has 0 aromatic heterocycles. The number of carbonyl (C=O) groups excluding carboxylic acids is 2. The van der Waals surface area contributed by atoms with E-state index >= 15 is 0 Å². The summed E-state index contributed by atoms with van der Waals surface area (Å²) in [6, 6.07) is 28.2. The topological polar surface area (TPSA) is 97.4 Å². The average molecular weight is 834 g/mol. The molecule has 11 heteroatoms. The van der Waals surface area contributed by atoms with Crippen molar-refractivity contribution < 1.29 is 56.1 Å². The van der Waals surface area contributed by atoms with E-state index in [-0.39, 0.29) is 11.1 Å². The van der Waals surface area contributed by atoms with Gasteiger partial charge in [0.05, 0.1) is 24.3 Å². The van der Waals surface area contributed by atoms with Crippen LogP contribution >= 0.6 is 20.8 Å². The molecule has 262 valence electrons. The summed E-state index contributed by atoms with van der Waals surface area (Å²) >= 11 is 5.51. The number of hydrogen-bond donors (Lipinski definition) is 0. The van der Waals surface area contributed by atoms with Crippen LogP contribution in [-0.2, 0) is 33.0 Å². The van der Waals surface area contributed by atoms with E-state index in [0.717, 1.165) is 42.4 Å². The Balaban J connectivity index is 0.000000328. The molecule has 0 saturated carbocycles. The van der Waals surface area contributed by atoms with Gasteiger partial charge >= 0.3 is 51.7 Å². The van der Waals surface area contributed by atoms with E-state index in [0.29, 0.717) is 30.5 Å². The van der Waals surface area contributed by atoms with E-state index < -0.39 is 19.8 Å². The fourth-order valence-corrected chi connectivity index (χ4v) is 5.11. The number of ether oxygens (including phenoxy) is 2. The average Bonchev–Trinajstić information content (AvgIpc) is 3.09. The molecule has 0 N–H and O–H groups in total. The Bertz CT molecular complexity index is 1420. The molecule has 0 heterocycles. The number of phosphoric ester groups is 1. The van der Waals surface area contributed by atoms with Gasteiger partial charge in [-0.05, 0) is 82.1 Å². The van der Waals surface area contributed by atoms with E-state index in [1.165, 1.54) is 0 Å². The van der Waals surface area contributed by atoms with Crippen molar-refractivity contribution in [1.29, 1.82) is 0 Å². The molecule has 0 atom stereocenters. The van der Waals surface area contributed by atoms with Crippen LogP contribution in [-0.4, -0.2) is 25.2 Å². The minimum atomic E-state index is -3.93. The van der Waals surface area contributed by atoms with Gasteiger partial charge in [-0.2, -0.15) is 4.57 Å². The van der Waals surface area contributed by atoms with Crippen molar-refractivity contribution in [2.75, 3.05) is 13.2 Å². The monoisotopic (exact) mass is 832 g/mol. The van der Waals surface area contributed by atoms with Gasteiger partial charge in [-0.3, -0.25) is 0 Å². The van der Waals surface area contributed by atoms with Gasteiger partial charge in [0, 0.05) is 0 Å². The molecule has 0 bridgehead atoms. The Kier molecular flexibility index (Phi) is 19.0. The van der Waals surface area contributed by atoms with Crippen molar-refractivity contribution in [2.45, 2.75) is 60.3 Å². The summed E-state index contributed by atoms with van der Waals surface area (Å²) in [5.74, 6) is 0.303. The fraction of sp³-hybridized carbons (Fsp3) is 0.297. The third-order valence-corrected chi connectivity index (χ3v) is 7.85. The van der Waals surface area contributed by atoms with Crippen LogP contribution in [0.15, 0.2) is 97.1 Å². The molecule has 8 nitrogen and oxygen atoms in total. The Morgan fingerprint density at radius 3 is 1.12 bits per heavy atom. The van der Waals surface area contributed by atoms with Gasteiger partial charge < -0.3 is 23.0 Å². The van der Waals surface area contributed by atoms with Crippen LogP contribution in [0.5, 0.6) is 17.2 Å². The molecule has 0 saturated heterocycles. The summed E-state index contributed by atoms with van der Waals surface area (Å²) < 4.78 is 40.5. The maximum absolute atomic E-state index is 13.3. The van der Waals surface area contributed by atoms with Crippen LogP contribution < -0.4 is 13.6 Å². The van der Waals surface area contributed by atoms with Crippen LogP contribution in [0.25, 0.3) is 0 Å². The van der Waals surface area contributed by atoms with E-state index in [1.54, 1.807) is 60.7 Å². The Morgan fingerprint density at radius 1 is 0.562 bits per heavy atom. The second kappa shape index (κ2) is 22.3. The predicted octanol–water partition coefficient (Wildman–Crippen LogP) is 10.7. The van der Waals surface area contributed by atoms with Gasteiger partial charge in [0.25, 0.3) is 0 Å².